The minimum atomic E-state index is -3.49. The Balaban J connectivity index is 2.17. The van der Waals surface area contributed by atoms with Gasteiger partial charge in [0.1, 0.15) is 0 Å². The minimum Gasteiger partial charge on any atom is -0.208 e. The first-order valence-electron chi connectivity index (χ1n) is 8.00. The zero-order chi connectivity index (χ0) is 16.9. The first-order chi connectivity index (χ1) is 10.9. The SMILES string of the molecule is Cc1ccc(S(=O)(=O)NC(Cc2ccccc2)CC(C)C)cc1. The zero-order valence-electron chi connectivity index (χ0n) is 14.0. The lowest BCUT2D eigenvalue weighted by molar-refractivity contribution is 0.457. The molecule has 0 aliphatic rings. The van der Waals surface area contributed by atoms with Crippen molar-refractivity contribution in [1.29, 1.82) is 0 Å². The first-order valence-corrected chi connectivity index (χ1v) is 9.48. The Morgan fingerprint density at radius 3 is 2.13 bits per heavy atom. The average Bonchev–Trinajstić information content (AvgIpc) is 2.47. The van der Waals surface area contributed by atoms with Gasteiger partial charge in [-0.25, -0.2) is 13.1 Å². The largest absolute Gasteiger partial charge is 0.240 e. The summed E-state index contributed by atoms with van der Waals surface area (Å²) in [7, 11) is -3.49. The van der Waals surface area contributed by atoms with Gasteiger partial charge in [0.25, 0.3) is 0 Å². The maximum absolute atomic E-state index is 12.6. The molecule has 0 bridgehead atoms. The second-order valence-corrected chi connectivity index (χ2v) is 8.16. The van der Waals surface area contributed by atoms with Crippen molar-refractivity contribution in [2.24, 2.45) is 5.92 Å². The highest BCUT2D eigenvalue weighted by Gasteiger charge is 2.21. The third-order valence-corrected chi connectivity index (χ3v) is 5.27. The number of benzene rings is 2. The van der Waals surface area contributed by atoms with Crippen LogP contribution in [0.1, 0.15) is 31.4 Å². The number of hydrogen-bond donors (Lipinski definition) is 1. The molecule has 2 aromatic carbocycles. The molecule has 3 nitrogen and oxygen atoms in total. The topological polar surface area (TPSA) is 46.2 Å². The molecular weight excluding hydrogens is 306 g/mol. The van der Waals surface area contributed by atoms with Crippen LogP contribution in [0.4, 0.5) is 0 Å². The van der Waals surface area contributed by atoms with Gasteiger partial charge in [-0.1, -0.05) is 61.9 Å². The van der Waals surface area contributed by atoms with Gasteiger partial charge in [-0.05, 0) is 43.4 Å². The van der Waals surface area contributed by atoms with Gasteiger partial charge in [-0.2, -0.15) is 0 Å². The van der Waals surface area contributed by atoms with E-state index in [4.69, 9.17) is 0 Å². The van der Waals surface area contributed by atoms with Crippen LogP contribution in [0.3, 0.4) is 0 Å². The number of hydrogen-bond acceptors (Lipinski definition) is 2. The number of nitrogens with one attached hydrogen (secondary N) is 1. The van der Waals surface area contributed by atoms with E-state index in [9.17, 15) is 8.42 Å². The van der Waals surface area contributed by atoms with Crippen LogP contribution in [-0.2, 0) is 16.4 Å². The van der Waals surface area contributed by atoms with Gasteiger partial charge >= 0.3 is 0 Å². The summed E-state index contributed by atoms with van der Waals surface area (Å²) < 4.78 is 28.1. The monoisotopic (exact) mass is 331 g/mol. The summed E-state index contributed by atoms with van der Waals surface area (Å²) in [6, 6.07) is 16.9. The van der Waals surface area contributed by atoms with Gasteiger partial charge in [0.05, 0.1) is 4.90 Å². The predicted octanol–water partition coefficient (Wildman–Crippen LogP) is 3.93. The van der Waals surface area contributed by atoms with Gasteiger partial charge in [0.15, 0.2) is 0 Å². The van der Waals surface area contributed by atoms with Crippen molar-refractivity contribution in [3.05, 3.63) is 65.7 Å². The summed E-state index contributed by atoms with van der Waals surface area (Å²) in [6.07, 6.45) is 1.50. The van der Waals surface area contributed by atoms with E-state index in [1.165, 1.54) is 0 Å². The van der Waals surface area contributed by atoms with E-state index in [2.05, 4.69) is 18.6 Å². The molecule has 1 N–H and O–H groups in total. The molecule has 1 atom stereocenters. The van der Waals surface area contributed by atoms with Crippen molar-refractivity contribution >= 4 is 10.0 Å². The van der Waals surface area contributed by atoms with Gasteiger partial charge in [-0.3, -0.25) is 0 Å². The summed E-state index contributed by atoms with van der Waals surface area (Å²) in [5, 5.41) is 0. The molecule has 0 amide bonds. The second kappa shape index (κ2) is 7.75. The smallest absolute Gasteiger partial charge is 0.208 e. The van der Waals surface area contributed by atoms with Crippen LogP contribution in [-0.4, -0.2) is 14.5 Å². The van der Waals surface area contributed by atoms with Crippen molar-refractivity contribution in [2.45, 2.75) is 44.6 Å². The molecule has 2 aromatic rings. The molecule has 2 rings (SSSR count). The molecule has 0 heterocycles. The average molecular weight is 331 g/mol. The zero-order valence-corrected chi connectivity index (χ0v) is 14.8. The second-order valence-electron chi connectivity index (χ2n) is 6.45. The minimum absolute atomic E-state index is 0.108. The Bertz CT molecular complexity index is 707. The van der Waals surface area contributed by atoms with Crippen LogP contribution in [0.2, 0.25) is 0 Å². The highest BCUT2D eigenvalue weighted by molar-refractivity contribution is 7.89. The molecule has 0 saturated carbocycles. The first kappa shape index (κ1) is 17.7. The summed E-state index contributed by atoms with van der Waals surface area (Å²) in [4.78, 5) is 0.324. The van der Waals surface area contributed by atoms with Crippen molar-refractivity contribution in [1.82, 2.24) is 4.72 Å². The van der Waals surface area contributed by atoms with Crippen LogP contribution in [0.5, 0.6) is 0 Å². The maximum Gasteiger partial charge on any atom is 0.240 e. The van der Waals surface area contributed by atoms with Gasteiger partial charge < -0.3 is 0 Å². The van der Waals surface area contributed by atoms with Crippen molar-refractivity contribution in [2.75, 3.05) is 0 Å². The van der Waals surface area contributed by atoms with Gasteiger partial charge in [0.2, 0.25) is 10.0 Å². The maximum atomic E-state index is 12.6. The lowest BCUT2D eigenvalue weighted by Gasteiger charge is -2.21. The Labute approximate surface area is 139 Å². The summed E-state index contributed by atoms with van der Waals surface area (Å²) >= 11 is 0. The lowest BCUT2D eigenvalue weighted by Crippen LogP contribution is -2.37. The molecule has 0 aliphatic heterocycles. The molecular formula is C19H25NO2S. The Kier molecular flexibility index (Phi) is 5.97. The molecule has 0 saturated heterocycles. The molecule has 4 heteroatoms. The molecule has 0 fully saturated rings. The fourth-order valence-electron chi connectivity index (χ4n) is 2.65. The number of rotatable bonds is 7. The van der Waals surface area contributed by atoms with Gasteiger partial charge in [0, 0.05) is 6.04 Å². The van der Waals surface area contributed by atoms with Crippen molar-refractivity contribution < 1.29 is 8.42 Å². The standard InChI is InChI=1S/C19H25NO2S/c1-15(2)13-18(14-17-7-5-4-6-8-17)20-23(21,22)19-11-9-16(3)10-12-19/h4-12,15,18,20H,13-14H2,1-3H3. The van der Waals surface area contributed by atoms with Crippen LogP contribution < -0.4 is 4.72 Å². The number of sulfonamides is 1. The normalized spacial score (nSPS) is 13.2. The number of aryl methyl sites for hydroxylation is 1. The van der Waals surface area contributed by atoms with Crippen molar-refractivity contribution in [3.63, 3.8) is 0 Å². The quantitative estimate of drug-likeness (QED) is 0.835. The Morgan fingerprint density at radius 1 is 0.957 bits per heavy atom. The molecule has 23 heavy (non-hydrogen) atoms. The van der Waals surface area contributed by atoms with E-state index < -0.39 is 10.0 Å². The van der Waals surface area contributed by atoms with Crippen LogP contribution in [0.15, 0.2) is 59.5 Å². The van der Waals surface area contributed by atoms with E-state index in [0.717, 1.165) is 17.5 Å². The van der Waals surface area contributed by atoms with E-state index in [1.54, 1.807) is 12.1 Å². The highest BCUT2D eigenvalue weighted by Crippen LogP contribution is 2.16. The molecule has 0 aliphatic carbocycles. The molecule has 0 spiro atoms. The van der Waals surface area contributed by atoms with Crippen LogP contribution in [0.25, 0.3) is 0 Å². The third kappa shape index (κ3) is 5.48. The Morgan fingerprint density at radius 2 is 1.57 bits per heavy atom. The molecule has 0 aromatic heterocycles. The van der Waals surface area contributed by atoms with E-state index in [0.29, 0.717) is 17.2 Å². The third-order valence-electron chi connectivity index (χ3n) is 3.73. The fourth-order valence-corrected chi connectivity index (χ4v) is 3.89. The molecule has 1 unspecified atom stereocenters. The molecule has 0 radical (unpaired) electrons. The van der Waals surface area contributed by atoms with Crippen molar-refractivity contribution in [3.8, 4) is 0 Å². The van der Waals surface area contributed by atoms with E-state index in [1.807, 2.05) is 49.4 Å². The summed E-state index contributed by atoms with van der Waals surface area (Å²) in [5.41, 5.74) is 2.19. The highest BCUT2D eigenvalue weighted by atomic mass is 32.2. The fraction of sp³-hybridized carbons (Fsp3) is 0.368. The van der Waals surface area contributed by atoms with Gasteiger partial charge in [-0.15, -0.1) is 0 Å². The van der Waals surface area contributed by atoms with E-state index in [-0.39, 0.29) is 6.04 Å². The Hall–Kier alpha value is -1.65. The lowest BCUT2D eigenvalue weighted by atomic mass is 9.98. The summed E-state index contributed by atoms with van der Waals surface area (Å²) in [5.74, 6) is 0.421. The predicted molar refractivity (Wildman–Crippen MR) is 94.9 cm³/mol. The van der Waals surface area contributed by atoms with Crippen LogP contribution in [0, 0.1) is 12.8 Å². The van der Waals surface area contributed by atoms with E-state index >= 15 is 0 Å². The van der Waals surface area contributed by atoms with Crippen LogP contribution >= 0.6 is 0 Å². The molecule has 124 valence electrons. The summed E-state index contributed by atoms with van der Waals surface area (Å²) in [6.45, 7) is 6.16.